The average Bonchev–Trinajstić information content (AvgIpc) is 2.69. The minimum atomic E-state index is 0.724. The van der Waals surface area contributed by atoms with Gasteiger partial charge in [-0.3, -0.25) is 0 Å². The molecule has 0 saturated heterocycles. The molecule has 0 aliphatic carbocycles. The van der Waals surface area contributed by atoms with E-state index in [0.29, 0.717) is 0 Å². The zero-order valence-corrected chi connectivity index (χ0v) is 16.0. The molecule has 4 aromatic carbocycles. The highest BCUT2D eigenvalue weighted by Gasteiger charge is 2.09. The molecule has 1 nitrogen and oxygen atoms in total. The zero-order valence-electron chi connectivity index (χ0n) is 14.5. The molecule has 0 radical (unpaired) electrons. The molecule has 27 heavy (non-hydrogen) atoms. The lowest BCUT2D eigenvalue weighted by Gasteiger charge is -2.16. The molecule has 0 atom stereocenters. The molecule has 0 fully saturated rings. The molecule has 0 aromatic heterocycles. The van der Waals surface area contributed by atoms with Crippen molar-refractivity contribution in [3.05, 3.63) is 107 Å². The first-order valence-electron chi connectivity index (χ1n) is 8.68. The number of benzene rings is 4. The molecule has 1 N–H and O–H groups in total. The molecule has 0 unspecified atom stereocenters. The van der Waals surface area contributed by atoms with Gasteiger partial charge >= 0.3 is 0 Å². The van der Waals surface area contributed by atoms with Gasteiger partial charge in [0.25, 0.3) is 0 Å². The maximum atomic E-state index is 6.19. The number of para-hydroxylation sites is 2. The minimum absolute atomic E-state index is 0.724. The van der Waals surface area contributed by atoms with Crippen LogP contribution in [0.3, 0.4) is 0 Å². The van der Waals surface area contributed by atoms with E-state index in [0.717, 1.165) is 43.7 Å². The Balaban J connectivity index is 1.77. The van der Waals surface area contributed by atoms with E-state index in [1.54, 1.807) is 0 Å². The Kier molecular flexibility index (Phi) is 5.15. The van der Waals surface area contributed by atoms with Gasteiger partial charge in [-0.25, -0.2) is 0 Å². The SMILES string of the molecule is Clc1cccc(-c2ccccc2Nc2ccccc2-c2cccc(Cl)c2)c1. The molecule has 132 valence electrons. The Morgan fingerprint density at radius 1 is 0.481 bits per heavy atom. The van der Waals surface area contributed by atoms with E-state index in [-0.39, 0.29) is 0 Å². The van der Waals surface area contributed by atoms with E-state index < -0.39 is 0 Å². The molecule has 0 amide bonds. The molecule has 3 heteroatoms. The van der Waals surface area contributed by atoms with Crippen LogP contribution in [0.2, 0.25) is 10.0 Å². The first kappa shape index (κ1) is 17.7. The van der Waals surface area contributed by atoms with Crippen molar-refractivity contribution in [3.8, 4) is 22.3 Å². The van der Waals surface area contributed by atoms with Gasteiger partial charge in [-0.2, -0.15) is 0 Å². The molecule has 0 spiro atoms. The zero-order chi connectivity index (χ0) is 18.6. The van der Waals surface area contributed by atoms with Crippen molar-refractivity contribution < 1.29 is 0 Å². The minimum Gasteiger partial charge on any atom is -0.355 e. The lowest BCUT2D eigenvalue weighted by atomic mass is 10.0. The molecule has 0 bridgehead atoms. The van der Waals surface area contributed by atoms with Gasteiger partial charge in [0.15, 0.2) is 0 Å². The van der Waals surface area contributed by atoms with Crippen molar-refractivity contribution >= 4 is 34.6 Å². The Hall–Kier alpha value is -2.74. The first-order chi connectivity index (χ1) is 13.2. The number of hydrogen-bond acceptors (Lipinski definition) is 1. The van der Waals surface area contributed by atoms with Crippen LogP contribution in [-0.2, 0) is 0 Å². The van der Waals surface area contributed by atoms with Crippen molar-refractivity contribution in [1.29, 1.82) is 0 Å². The molecule has 4 rings (SSSR count). The van der Waals surface area contributed by atoms with E-state index in [2.05, 4.69) is 41.7 Å². The quantitative estimate of drug-likeness (QED) is 0.371. The summed E-state index contributed by atoms with van der Waals surface area (Å²) in [5.74, 6) is 0. The second kappa shape index (κ2) is 7.87. The number of halogens is 2. The van der Waals surface area contributed by atoms with E-state index in [4.69, 9.17) is 23.2 Å². The van der Waals surface area contributed by atoms with Crippen molar-refractivity contribution in [3.63, 3.8) is 0 Å². The van der Waals surface area contributed by atoms with Crippen molar-refractivity contribution in [1.82, 2.24) is 0 Å². The first-order valence-corrected chi connectivity index (χ1v) is 9.43. The Labute approximate surface area is 169 Å². The third-order valence-electron chi connectivity index (χ3n) is 4.39. The van der Waals surface area contributed by atoms with Gasteiger partial charge in [0.2, 0.25) is 0 Å². The maximum absolute atomic E-state index is 6.19. The average molecular weight is 390 g/mol. The van der Waals surface area contributed by atoms with Crippen LogP contribution in [0.5, 0.6) is 0 Å². The van der Waals surface area contributed by atoms with Gasteiger partial charge in [0, 0.05) is 32.5 Å². The summed E-state index contributed by atoms with van der Waals surface area (Å²) in [6.45, 7) is 0. The maximum Gasteiger partial charge on any atom is 0.0464 e. The molecule has 0 aliphatic heterocycles. The van der Waals surface area contributed by atoms with Gasteiger partial charge < -0.3 is 5.32 Å². The van der Waals surface area contributed by atoms with Crippen molar-refractivity contribution in [2.45, 2.75) is 0 Å². The monoisotopic (exact) mass is 389 g/mol. The predicted molar refractivity (Wildman–Crippen MR) is 117 cm³/mol. The fraction of sp³-hybridized carbons (Fsp3) is 0. The van der Waals surface area contributed by atoms with Crippen LogP contribution >= 0.6 is 23.2 Å². The van der Waals surface area contributed by atoms with Crippen molar-refractivity contribution in [2.75, 3.05) is 5.32 Å². The topological polar surface area (TPSA) is 12.0 Å². The largest absolute Gasteiger partial charge is 0.355 e. The Morgan fingerprint density at radius 2 is 0.926 bits per heavy atom. The van der Waals surface area contributed by atoms with Crippen LogP contribution < -0.4 is 5.32 Å². The van der Waals surface area contributed by atoms with Crippen LogP contribution in [0.15, 0.2) is 97.1 Å². The van der Waals surface area contributed by atoms with Gasteiger partial charge in [-0.1, -0.05) is 83.9 Å². The van der Waals surface area contributed by atoms with Crippen LogP contribution in [0.1, 0.15) is 0 Å². The van der Waals surface area contributed by atoms with Gasteiger partial charge in [-0.15, -0.1) is 0 Å². The summed E-state index contributed by atoms with van der Waals surface area (Å²) in [5, 5.41) is 5.04. The van der Waals surface area contributed by atoms with Crippen LogP contribution in [0.25, 0.3) is 22.3 Å². The number of rotatable bonds is 4. The third kappa shape index (κ3) is 4.00. The summed E-state index contributed by atoms with van der Waals surface area (Å²) in [4.78, 5) is 0. The Bertz CT molecular complexity index is 1000. The van der Waals surface area contributed by atoms with E-state index in [1.807, 2.05) is 60.7 Å². The van der Waals surface area contributed by atoms with Gasteiger partial charge in [-0.05, 0) is 47.5 Å². The van der Waals surface area contributed by atoms with E-state index in [9.17, 15) is 0 Å². The molecule has 0 heterocycles. The van der Waals surface area contributed by atoms with Crippen LogP contribution in [0, 0.1) is 0 Å². The standard InChI is InChI=1S/C24H17Cl2N/c25-19-9-5-7-17(15-19)21-11-1-3-13-23(21)27-24-14-4-2-12-22(24)18-8-6-10-20(26)16-18/h1-16,27H. The summed E-state index contributed by atoms with van der Waals surface area (Å²) < 4.78 is 0. The summed E-state index contributed by atoms with van der Waals surface area (Å²) in [7, 11) is 0. The lowest BCUT2D eigenvalue weighted by Crippen LogP contribution is -1.95. The highest BCUT2D eigenvalue weighted by molar-refractivity contribution is 6.31. The molecule has 0 aliphatic rings. The fourth-order valence-corrected chi connectivity index (χ4v) is 3.53. The summed E-state index contributed by atoms with van der Waals surface area (Å²) in [5.41, 5.74) is 6.39. The molecule has 4 aromatic rings. The number of anilines is 2. The van der Waals surface area contributed by atoms with Crippen LogP contribution in [0.4, 0.5) is 11.4 Å². The highest BCUT2D eigenvalue weighted by atomic mass is 35.5. The molecule has 0 saturated carbocycles. The van der Waals surface area contributed by atoms with Gasteiger partial charge in [0.05, 0.1) is 0 Å². The predicted octanol–water partition coefficient (Wildman–Crippen LogP) is 8.07. The van der Waals surface area contributed by atoms with E-state index in [1.165, 1.54) is 0 Å². The molecular formula is C24H17Cl2N. The summed E-state index contributed by atoms with van der Waals surface area (Å²) in [6, 6.07) is 32.2. The smallest absolute Gasteiger partial charge is 0.0464 e. The van der Waals surface area contributed by atoms with Crippen LogP contribution in [-0.4, -0.2) is 0 Å². The number of nitrogens with one attached hydrogen (secondary N) is 1. The second-order valence-corrected chi connectivity index (χ2v) is 7.11. The fourth-order valence-electron chi connectivity index (χ4n) is 3.14. The molecular weight excluding hydrogens is 373 g/mol. The Morgan fingerprint density at radius 3 is 1.37 bits per heavy atom. The van der Waals surface area contributed by atoms with E-state index >= 15 is 0 Å². The third-order valence-corrected chi connectivity index (χ3v) is 4.86. The highest BCUT2D eigenvalue weighted by Crippen LogP contribution is 2.35. The van der Waals surface area contributed by atoms with Crippen molar-refractivity contribution in [2.24, 2.45) is 0 Å². The normalized spacial score (nSPS) is 10.6. The lowest BCUT2D eigenvalue weighted by molar-refractivity contribution is 1.52. The second-order valence-electron chi connectivity index (χ2n) is 6.24. The van der Waals surface area contributed by atoms with Gasteiger partial charge in [0.1, 0.15) is 0 Å². The summed E-state index contributed by atoms with van der Waals surface area (Å²) in [6.07, 6.45) is 0. The summed E-state index contributed by atoms with van der Waals surface area (Å²) >= 11 is 12.4. The number of hydrogen-bond donors (Lipinski definition) is 1.